The smallest absolute Gasteiger partial charge is 0.0640 e. The van der Waals surface area contributed by atoms with E-state index in [1.165, 1.54) is 85.1 Å². The van der Waals surface area contributed by atoms with E-state index in [4.69, 9.17) is 0 Å². The first-order chi connectivity index (χ1) is 25.3. The molecule has 240 valence electrons. The van der Waals surface area contributed by atoms with Crippen molar-refractivity contribution in [2.24, 2.45) is 0 Å². The van der Waals surface area contributed by atoms with Crippen LogP contribution in [0.3, 0.4) is 0 Å². The van der Waals surface area contributed by atoms with E-state index in [1.54, 1.807) is 0 Å². The molecule has 2 heterocycles. The van der Waals surface area contributed by atoms with Crippen LogP contribution in [0.25, 0.3) is 73.7 Å². The Morgan fingerprint density at radius 2 is 0.882 bits per heavy atom. The Labute approximate surface area is 304 Å². The minimum absolute atomic E-state index is 1.13. The van der Waals surface area contributed by atoms with Gasteiger partial charge in [0.2, 0.25) is 0 Å². The molecule has 0 saturated heterocycles. The summed E-state index contributed by atoms with van der Waals surface area (Å²) in [6.07, 6.45) is 0. The molecule has 2 aromatic heterocycles. The number of rotatable bonds is 6. The van der Waals surface area contributed by atoms with Gasteiger partial charge in [-0.25, -0.2) is 0 Å². The van der Waals surface area contributed by atoms with Crippen molar-refractivity contribution in [1.29, 1.82) is 0 Å². The predicted octanol–water partition coefficient (Wildman–Crippen LogP) is 14.9. The zero-order chi connectivity index (χ0) is 33.7. The molecule has 0 N–H and O–H groups in total. The van der Waals surface area contributed by atoms with Crippen molar-refractivity contribution in [3.63, 3.8) is 0 Å². The number of fused-ring (bicyclic) bond motifs is 6. The van der Waals surface area contributed by atoms with Gasteiger partial charge in [0.1, 0.15) is 0 Å². The highest BCUT2D eigenvalue weighted by molar-refractivity contribution is 7.27. The molecule has 51 heavy (non-hydrogen) atoms. The number of hydrogen-bond donors (Lipinski definition) is 0. The van der Waals surface area contributed by atoms with Gasteiger partial charge in [-0.1, -0.05) is 146 Å². The zero-order valence-corrected chi connectivity index (χ0v) is 29.3. The molecule has 0 unspecified atom stereocenters. The summed E-state index contributed by atoms with van der Waals surface area (Å²) in [6, 6.07) is 68.5. The molecule has 0 saturated carbocycles. The quantitative estimate of drug-likeness (QED) is 0.168. The third kappa shape index (κ3) is 5.13. The van der Waals surface area contributed by atoms with Crippen molar-refractivity contribution < 1.29 is 0 Å². The monoisotopic (exact) mass is 685 g/mol. The van der Waals surface area contributed by atoms with Crippen LogP contribution in [0.4, 0.5) is 17.1 Å². The van der Waals surface area contributed by atoms with E-state index in [-0.39, 0.29) is 0 Å². The maximum absolute atomic E-state index is 2.49. The van der Waals surface area contributed by atoms with E-state index in [1.807, 2.05) is 22.7 Å². The van der Waals surface area contributed by atoms with Crippen LogP contribution in [0.1, 0.15) is 0 Å². The molecule has 0 spiro atoms. The Balaban J connectivity index is 1.18. The van der Waals surface area contributed by atoms with Gasteiger partial charge in [0, 0.05) is 41.3 Å². The van der Waals surface area contributed by atoms with Gasteiger partial charge in [0.25, 0.3) is 0 Å². The fraction of sp³-hybridized carbons (Fsp3) is 0. The van der Waals surface area contributed by atoms with Gasteiger partial charge in [-0.15, -0.1) is 22.7 Å². The molecule has 0 bridgehead atoms. The summed E-state index contributed by atoms with van der Waals surface area (Å²) in [4.78, 5) is 2.49. The summed E-state index contributed by atoms with van der Waals surface area (Å²) < 4.78 is 5.20. The highest BCUT2D eigenvalue weighted by Crippen LogP contribution is 2.50. The van der Waals surface area contributed by atoms with Crippen LogP contribution in [-0.4, -0.2) is 0 Å². The van der Waals surface area contributed by atoms with Gasteiger partial charge in [0.15, 0.2) is 0 Å². The number of hydrogen-bond acceptors (Lipinski definition) is 3. The first-order valence-electron chi connectivity index (χ1n) is 17.3. The highest BCUT2D eigenvalue weighted by atomic mass is 32.1. The van der Waals surface area contributed by atoms with Crippen LogP contribution in [-0.2, 0) is 0 Å². The van der Waals surface area contributed by atoms with E-state index in [0.717, 1.165) is 5.69 Å². The Bertz CT molecular complexity index is 2850. The topological polar surface area (TPSA) is 3.24 Å². The van der Waals surface area contributed by atoms with Gasteiger partial charge in [-0.3, -0.25) is 0 Å². The third-order valence-electron chi connectivity index (χ3n) is 9.88. The van der Waals surface area contributed by atoms with Crippen LogP contribution in [0.15, 0.2) is 188 Å². The lowest BCUT2D eigenvalue weighted by Crippen LogP contribution is -2.10. The van der Waals surface area contributed by atoms with Crippen molar-refractivity contribution in [1.82, 2.24) is 0 Å². The van der Waals surface area contributed by atoms with Crippen LogP contribution < -0.4 is 4.90 Å². The fourth-order valence-corrected chi connectivity index (χ4v) is 9.96. The first-order valence-corrected chi connectivity index (χ1v) is 18.9. The van der Waals surface area contributed by atoms with E-state index < -0.39 is 0 Å². The van der Waals surface area contributed by atoms with Gasteiger partial charge in [-0.2, -0.15) is 0 Å². The maximum atomic E-state index is 2.49. The summed E-state index contributed by atoms with van der Waals surface area (Å²) in [6.45, 7) is 0. The van der Waals surface area contributed by atoms with E-state index in [9.17, 15) is 0 Å². The second-order valence-corrected chi connectivity index (χ2v) is 15.0. The lowest BCUT2D eigenvalue weighted by atomic mass is 9.98. The van der Waals surface area contributed by atoms with Crippen LogP contribution in [0.2, 0.25) is 0 Å². The van der Waals surface area contributed by atoms with Crippen LogP contribution in [0, 0.1) is 0 Å². The standard InChI is InChI=1S/C48H31NS2/c1-3-13-32(14-4-1)35-17-9-18-36(31-35)33-27-29-37(30-28-33)49(42-23-12-26-45-46(42)41-19-7-8-25-44(41)50-45)43-24-11-22-40-39-21-10-20-38(47(39)51-48(40)43)34-15-5-2-6-16-34/h1-31H. The van der Waals surface area contributed by atoms with E-state index >= 15 is 0 Å². The predicted molar refractivity (Wildman–Crippen MR) is 223 cm³/mol. The molecular formula is C48H31NS2. The fourth-order valence-electron chi connectivity index (χ4n) is 7.49. The molecule has 0 atom stereocenters. The Morgan fingerprint density at radius 3 is 1.67 bits per heavy atom. The molecule has 0 amide bonds. The SMILES string of the molecule is c1ccc(-c2cccc(-c3ccc(N(c4cccc5c4sc4c(-c6ccccc6)cccc45)c4cccc5sc6ccccc6c45)cc3)c2)cc1. The molecule has 3 heteroatoms. The van der Waals surface area contributed by atoms with Gasteiger partial charge < -0.3 is 4.90 Å². The molecule has 10 aromatic rings. The minimum atomic E-state index is 1.13. The van der Waals surface area contributed by atoms with Crippen molar-refractivity contribution >= 4 is 80.1 Å². The minimum Gasteiger partial charge on any atom is -0.308 e. The van der Waals surface area contributed by atoms with Crippen LogP contribution >= 0.6 is 22.7 Å². The molecular weight excluding hydrogens is 655 g/mol. The molecule has 0 fully saturated rings. The average Bonchev–Trinajstić information content (AvgIpc) is 3.79. The highest BCUT2D eigenvalue weighted by Gasteiger charge is 2.22. The van der Waals surface area contributed by atoms with Gasteiger partial charge >= 0.3 is 0 Å². The molecule has 0 aliphatic heterocycles. The Hall–Kier alpha value is -6.00. The first kappa shape index (κ1) is 29.9. The normalized spacial score (nSPS) is 11.5. The third-order valence-corrected chi connectivity index (χ3v) is 12.3. The molecule has 0 radical (unpaired) electrons. The number of thiophene rings is 2. The summed E-state index contributed by atoms with van der Waals surface area (Å²) in [5.41, 5.74) is 10.9. The van der Waals surface area contributed by atoms with Crippen molar-refractivity contribution in [2.45, 2.75) is 0 Å². The Morgan fingerprint density at radius 1 is 0.333 bits per heavy atom. The largest absolute Gasteiger partial charge is 0.308 e. The molecule has 0 aliphatic rings. The zero-order valence-electron chi connectivity index (χ0n) is 27.7. The lowest BCUT2D eigenvalue weighted by molar-refractivity contribution is 1.32. The van der Waals surface area contributed by atoms with Crippen LogP contribution in [0.5, 0.6) is 0 Å². The second kappa shape index (κ2) is 12.4. The average molecular weight is 686 g/mol. The number of benzene rings is 8. The second-order valence-electron chi connectivity index (χ2n) is 12.9. The Kier molecular flexibility index (Phi) is 7.26. The molecule has 1 nitrogen and oxygen atoms in total. The van der Waals surface area contributed by atoms with Gasteiger partial charge in [-0.05, 0) is 75.8 Å². The number of anilines is 3. The van der Waals surface area contributed by atoms with E-state index in [0.29, 0.717) is 0 Å². The summed E-state index contributed by atoms with van der Waals surface area (Å²) in [5.74, 6) is 0. The maximum Gasteiger partial charge on any atom is 0.0640 e. The van der Waals surface area contributed by atoms with E-state index in [2.05, 4.69) is 193 Å². The lowest BCUT2D eigenvalue weighted by Gasteiger charge is -2.27. The van der Waals surface area contributed by atoms with Gasteiger partial charge in [0.05, 0.1) is 16.1 Å². The van der Waals surface area contributed by atoms with Crippen molar-refractivity contribution in [2.75, 3.05) is 4.90 Å². The summed E-state index contributed by atoms with van der Waals surface area (Å²) in [7, 11) is 0. The molecule has 8 aromatic carbocycles. The summed E-state index contributed by atoms with van der Waals surface area (Å²) >= 11 is 3.76. The summed E-state index contributed by atoms with van der Waals surface area (Å²) in [5, 5.41) is 5.17. The van der Waals surface area contributed by atoms with Crippen molar-refractivity contribution in [3.8, 4) is 33.4 Å². The van der Waals surface area contributed by atoms with Crippen molar-refractivity contribution in [3.05, 3.63) is 188 Å². The molecule has 0 aliphatic carbocycles. The number of nitrogens with zero attached hydrogens (tertiary/aromatic N) is 1. The molecule has 10 rings (SSSR count).